The fourth-order valence-electron chi connectivity index (χ4n) is 2.58. The van der Waals surface area contributed by atoms with E-state index < -0.39 is 11.1 Å². The fraction of sp³-hybridized carbons (Fsp3) is 0.538. The normalized spacial score (nSPS) is 20.5. The van der Waals surface area contributed by atoms with Gasteiger partial charge in [-0.25, -0.2) is 9.97 Å². The standard InChI is InChI=1S/C13H16F3N5S/c1-20-4-3-18-12(20)9-6-17-2-5-21(9)8-11-19-7-10(22-11)13(14,15)16/h3-4,7,9,17H,2,5-6,8H2,1H3. The van der Waals surface area contributed by atoms with E-state index in [2.05, 4.69) is 20.2 Å². The highest BCUT2D eigenvalue weighted by Crippen LogP contribution is 2.34. The Morgan fingerprint density at radius 1 is 1.41 bits per heavy atom. The van der Waals surface area contributed by atoms with Crippen LogP contribution in [0.5, 0.6) is 0 Å². The van der Waals surface area contributed by atoms with Crippen LogP contribution >= 0.6 is 11.3 Å². The van der Waals surface area contributed by atoms with Crippen molar-refractivity contribution in [1.82, 2.24) is 24.8 Å². The van der Waals surface area contributed by atoms with E-state index in [0.29, 0.717) is 22.9 Å². The van der Waals surface area contributed by atoms with E-state index in [-0.39, 0.29) is 6.04 Å². The SMILES string of the molecule is Cn1ccnc1C1CNCCN1Cc1ncc(C(F)(F)F)s1. The van der Waals surface area contributed by atoms with Crippen LogP contribution in [0, 0.1) is 0 Å². The lowest BCUT2D eigenvalue weighted by molar-refractivity contribution is -0.134. The molecule has 1 aliphatic rings. The molecule has 1 unspecified atom stereocenters. The van der Waals surface area contributed by atoms with Gasteiger partial charge < -0.3 is 9.88 Å². The van der Waals surface area contributed by atoms with Crippen molar-refractivity contribution < 1.29 is 13.2 Å². The third kappa shape index (κ3) is 3.16. The summed E-state index contributed by atoms with van der Waals surface area (Å²) in [6.07, 6.45) is 0.191. The minimum absolute atomic E-state index is 0.0342. The average molecular weight is 331 g/mol. The molecule has 1 N–H and O–H groups in total. The zero-order valence-electron chi connectivity index (χ0n) is 12.0. The van der Waals surface area contributed by atoms with E-state index in [4.69, 9.17) is 0 Å². The van der Waals surface area contributed by atoms with E-state index in [1.54, 1.807) is 6.20 Å². The molecule has 0 amide bonds. The summed E-state index contributed by atoms with van der Waals surface area (Å²) in [5.74, 6) is 0.903. The van der Waals surface area contributed by atoms with Crippen LogP contribution in [0.3, 0.4) is 0 Å². The van der Waals surface area contributed by atoms with Gasteiger partial charge in [0.25, 0.3) is 0 Å². The number of piperazine rings is 1. The molecule has 0 aliphatic carbocycles. The van der Waals surface area contributed by atoms with E-state index in [1.807, 2.05) is 17.8 Å². The van der Waals surface area contributed by atoms with E-state index in [0.717, 1.165) is 31.7 Å². The second-order valence-electron chi connectivity index (χ2n) is 5.20. The molecule has 0 spiro atoms. The number of halogens is 3. The molecule has 1 saturated heterocycles. The van der Waals surface area contributed by atoms with Gasteiger partial charge in [0, 0.05) is 39.1 Å². The van der Waals surface area contributed by atoms with Gasteiger partial charge in [0.15, 0.2) is 0 Å². The highest BCUT2D eigenvalue weighted by Gasteiger charge is 2.34. The first-order valence-electron chi connectivity index (χ1n) is 6.89. The Balaban J connectivity index is 1.77. The summed E-state index contributed by atoms with van der Waals surface area (Å²) in [6, 6.07) is 0.0342. The van der Waals surface area contributed by atoms with Gasteiger partial charge in [-0.15, -0.1) is 11.3 Å². The van der Waals surface area contributed by atoms with Crippen molar-refractivity contribution >= 4 is 11.3 Å². The monoisotopic (exact) mass is 331 g/mol. The maximum absolute atomic E-state index is 12.7. The molecule has 0 bridgehead atoms. The largest absolute Gasteiger partial charge is 0.427 e. The van der Waals surface area contributed by atoms with E-state index in [9.17, 15) is 13.2 Å². The maximum Gasteiger partial charge on any atom is 0.427 e. The lowest BCUT2D eigenvalue weighted by Crippen LogP contribution is -2.46. The van der Waals surface area contributed by atoms with E-state index >= 15 is 0 Å². The molecule has 1 atom stereocenters. The molecule has 120 valence electrons. The van der Waals surface area contributed by atoms with Crippen LogP contribution in [0.1, 0.15) is 21.8 Å². The summed E-state index contributed by atoms with van der Waals surface area (Å²) in [6.45, 7) is 2.68. The van der Waals surface area contributed by atoms with Crippen molar-refractivity contribution in [3.63, 3.8) is 0 Å². The summed E-state index contributed by atoms with van der Waals surface area (Å²) in [5.41, 5.74) is 0. The van der Waals surface area contributed by atoms with Gasteiger partial charge >= 0.3 is 6.18 Å². The van der Waals surface area contributed by atoms with Crippen LogP contribution in [0.25, 0.3) is 0 Å². The van der Waals surface area contributed by atoms with Gasteiger partial charge in [0.1, 0.15) is 15.7 Å². The molecule has 1 fully saturated rings. The number of nitrogens with zero attached hydrogens (tertiary/aromatic N) is 4. The van der Waals surface area contributed by atoms with Gasteiger partial charge in [-0.1, -0.05) is 0 Å². The van der Waals surface area contributed by atoms with Crippen molar-refractivity contribution in [2.24, 2.45) is 7.05 Å². The third-order valence-corrected chi connectivity index (χ3v) is 4.71. The number of aromatic nitrogens is 3. The molecule has 2 aromatic heterocycles. The molecule has 1 aliphatic heterocycles. The van der Waals surface area contributed by atoms with E-state index in [1.165, 1.54) is 0 Å². The summed E-state index contributed by atoms with van der Waals surface area (Å²) < 4.78 is 39.9. The molecule has 3 rings (SSSR count). The smallest absolute Gasteiger partial charge is 0.337 e. The van der Waals surface area contributed by atoms with Gasteiger partial charge in [0.2, 0.25) is 0 Å². The number of aryl methyl sites for hydroxylation is 1. The van der Waals surface area contributed by atoms with Crippen molar-refractivity contribution in [3.8, 4) is 0 Å². The van der Waals surface area contributed by atoms with Crippen molar-refractivity contribution in [1.29, 1.82) is 0 Å². The Morgan fingerprint density at radius 3 is 2.86 bits per heavy atom. The molecular weight excluding hydrogens is 315 g/mol. The van der Waals surface area contributed by atoms with Crippen molar-refractivity contribution in [2.45, 2.75) is 18.8 Å². The number of nitrogens with one attached hydrogen (secondary N) is 1. The third-order valence-electron chi connectivity index (χ3n) is 3.68. The van der Waals surface area contributed by atoms with Crippen molar-refractivity contribution in [2.75, 3.05) is 19.6 Å². The first-order valence-corrected chi connectivity index (χ1v) is 7.70. The molecule has 9 heteroatoms. The number of rotatable bonds is 3. The molecule has 0 radical (unpaired) electrons. The van der Waals surface area contributed by atoms with Crippen LogP contribution in [0.2, 0.25) is 0 Å². The van der Waals surface area contributed by atoms with Crippen LogP contribution in [-0.2, 0) is 19.8 Å². The van der Waals surface area contributed by atoms with Crippen LogP contribution in [-0.4, -0.2) is 39.1 Å². The Morgan fingerprint density at radius 2 is 2.23 bits per heavy atom. The first kappa shape index (κ1) is 15.4. The molecule has 5 nitrogen and oxygen atoms in total. The Kier molecular flexibility index (Phi) is 4.20. The second-order valence-corrected chi connectivity index (χ2v) is 6.32. The summed E-state index contributed by atoms with van der Waals surface area (Å²) >= 11 is 0.712. The minimum Gasteiger partial charge on any atom is -0.337 e. The summed E-state index contributed by atoms with van der Waals surface area (Å²) in [7, 11) is 1.92. The van der Waals surface area contributed by atoms with Gasteiger partial charge in [0.05, 0.1) is 18.8 Å². The number of hydrogen-bond donors (Lipinski definition) is 1. The number of thiazole rings is 1. The summed E-state index contributed by atoms with van der Waals surface area (Å²) in [4.78, 5) is 9.76. The molecule has 22 heavy (non-hydrogen) atoms. The Bertz CT molecular complexity index is 636. The second kappa shape index (κ2) is 5.98. The highest BCUT2D eigenvalue weighted by atomic mass is 32.1. The van der Waals surface area contributed by atoms with Crippen LogP contribution < -0.4 is 5.32 Å². The molecule has 0 saturated carbocycles. The topological polar surface area (TPSA) is 46.0 Å². The molecule has 3 heterocycles. The Hall–Kier alpha value is -1.45. The maximum atomic E-state index is 12.7. The quantitative estimate of drug-likeness (QED) is 0.935. The highest BCUT2D eigenvalue weighted by molar-refractivity contribution is 7.11. The number of hydrogen-bond acceptors (Lipinski definition) is 5. The number of alkyl halides is 3. The zero-order chi connectivity index (χ0) is 15.7. The van der Waals surface area contributed by atoms with Crippen LogP contribution in [0.4, 0.5) is 13.2 Å². The number of imidazole rings is 1. The lowest BCUT2D eigenvalue weighted by atomic mass is 10.2. The predicted octanol–water partition coefficient (Wildman–Crippen LogP) is 2.04. The van der Waals surface area contributed by atoms with Gasteiger partial charge in [-0.3, -0.25) is 4.90 Å². The van der Waals surface area contributed by atoms with Crippen molar-refractivity contribution in [3.05, 3.63) is 34.3 Å². The average Bonchev–Trinajstić information content (AvgIpc) is 3.08. The summed E-state index contributed by atoms with van der Waals surface area (Å²) in [5, 5.41) is 3.78. The Labute approximate surface area is 129 Å². The fourth-order valence-corrected chi connectivity index (χ4v) is 3.39. The minimum atomic E-state index is -4.32. The first-order chi connectivity index (χ1) is 10.4. The predicted molar refractivity (Wildman–Crippen MR) is 76.3 cm³/mol. The lowest BCUT2D eigenvalue weighted by Gasteiger charge is -2.35. The molecule has 0 aromatic carbocycles. The van der Waals surface area contributed by atoms with Gasteiger partial charge in [-0.2, -0.15) is 13.2 Å². The molecule has 2 aromatic rings. The zero-order valence-corrected chi connectivity index (χ0v) is 12.8. The van der Waals surface area contributed by atoms with Gasteiger partial charge in [-0.05, 0) is 0 Å². The molecular formula is C13H16F3N5S. The van der Waals surface area contributed by atoms with Crippen LogP contribution in [0.15, 0.2) is 18.6 Å².